The van der Waals surface area contributed by atoms with Crippen LogP contribution >= 0.6 is 0 Å². The third kappa shape index (κ3) is 1.76. The average molecular weight is 201 g/mol. The minimum atomic E-state index is 0.437. The van der Waals surface area contributed by atoms with Crippen molar-refractivity contribution in [2.75, 3.05) is 6.61 Å². The minimum Gasteiger partial charge on any atom is -0.618 e. The molecule has 0 saturated carbocycles. The highest BCUT2D eigenvalue weighted by Crippen LogP contribution is 2.22. The van der Waals surface area contributed by atoms with E-state index in [-0.39, 0.29) is 0 Å². The van der Waals surface area contributed by atoms with Crippen molar-refractivity contribution in [2.45, 2.75) is 0 Å². The first kappa shape index (κ1) is 9.52. The fourth-order valence-corrected chi connectivity index (χ4v) is 1.45. The van der Waals surface area contributed by atoms with Gasteiger partial charge in [0, 0.05) is 12.1 Å². The molecule has 76 valence electrons. The summed E-state index contributed by atoms with van der Waals surface area (Å²) in [5, 5.41) is 12.3. The summed E-state index contributed by atoms with van der Waals surface area (Å²) in [5.41, 5.74) is 0.610. The second-order valence-corrected chi connectivity index (χ2v) is 3.12. The summed E-state index contributed by atoms with van der Waals surface area (Å²) in [5.74, 6) is 0.706. The molecule has 15 heavy (non-hydrogen) atoms. The Morgan fingerprint density at radius 2 is 2.13 bits per heavy atom. The number of fused-ring (bicyclic) bond motifs is 1. The molecule has 0 aliphatic heterocycles. The molecule has 1 aromatic heterocycles. The molecule has 0 aliphatic rings. The second-order valence-electron chi connectivity index (χ2n) is 3.12. The first-order valence-electron chi connectivity index (χ1n) is 4.67. The van der Waals surface area contributed by atoms with Crippen molar-refractivity contribution in [2.24, 2.45) is 0 Å². The van der Waals surface area contributed by atoms with E-state index in [1.54, 1.807) is 18.2 Å². The predicted octanol–water partition coefficient (Wildman–Crippen LogP) is 2.04. The van der Waals surface area contributed by atoms with Crippen LogP contribution in [0.5, 0.6) is 5.75 Å². The molecule has 0 amide bonds. The van der Waals surface area contributed by atoms with E-state index >= 15 is 0 Å². The van der Waals surface area contributed by atoms with Crippen molar-refractivity contribution in [3.63, 3.8) is 0 Å². The summed E-state index contributed by atoms with van der Waals surface area (Å²) < 4.78 is 6.28. The molecule has 0 saturated heterocycles. The monoisotopic (exact) mass is 201 g/mol. The maximum absolute atomic E-state index is 11.4. The van der Waals surface area contributed by atoms with Crippen molar-refractivity contribution >= 4 is 10.9 Å². The van der Waals surface area contributed by atoms with Gasteiger partial charge >= 0.3 is 0 Å². The fourth-order valence-electron chi connectivity index (χ4n) is 1.45. The summed E-state index contributed by atoms with van der Waals surface area (Å²) in [6, 6.07) is 9.00. The van der Waals surface area contributed by atoms with Gasteiger partial charge in [0.05, 0.1) is 5.39 Å². The van der Waals surface area contributed by atoms with Crippen LogP contribution in [-0.4, -0.2) is 6.61 Å². The first-order valence-corrected chi connectivity index (χ1v) is 4.67. The van der Waals surface area contributed by atoms with Crippen molar-refractivity contribution in [1.82, 2.24) is 0 Å². The summed E-state index contributed by atoms with van der Waals surface area (Å²) >= 11 is 0. The van der Waals surface area contributed by atoms with Crippen LogP contribution in [0.2, 0.25) is 0 Å². The van der Waals surface area contributed by atoms with E-state index in [1.807, 2.05) is 18.2 Å². The standard InChI is InChI=1S/C12H11NO2/c1-2-9-15-12-7-8-13(14)11-6-4-3-5-10(11)12/h2-8H,1,9H2. The van der Waals surface area contributed by atoms with Gasteiger partial charge in [-0.3, -0.25) is 0 Å². The molecule has 1 heterocycles. The Bertz CT molecular complexity index is 494. The van der Waals surface area contributed by atoms with Gasteiger partial charge in [-0.1, -0.05) is 24.8 Å². The summed E-state index contributed by atoms with van der Waals surface area (Å²) in [7, 11) is 0. The van der Waals surface area contributed by atoms with Crippen LogP contribution in [0.3, 0.4) is 0 Å². The summed E-state index contributed by atoms with van der Waals surface area (Å²) in [6.07, 6.45) is 3.12. The Hall–Kier alpha value is -2.03. The van der Waals surface area contributed by atoms with Crippen LogP contribution in [0.15, 0.2) is 49.2 Å². The third-order valence-electron chi connectivity index (χ3n) is 2.12. The van der Waals surface area contributed by atoms with E-state index in [1.165, 1.54) is 6.20 Å². The van der Waals surface area contributed by atoms with Crippen LogP contribution in [0.1, 0.15) is 0 Å². The predicted molar refractivity (Wildman–Crippen MR) is 58.6 cm³/mol. The highest BCUT2D eigenvalue weighted by atomic mass is 16.5. The molecule has 0 aliphatic carbocycles. The van der Waals surface area contributed by atoms with Crippen molar-refractivity contribution in [3.8, 4) is 5.75 Å². The number of aromatic nitrogens is 1. The molecule has 3 nitrogen and oxygen atoms in total. The largest absolute Gasteiger partial charge is 0.618 e. The number of hydrogen-bond acceptors (Lipinski definition) is 2. The number of hydrogen-bond donors (Lipinski definition) is 0. The molecule has 0 N–H and O–H groups in total. The lowest BCUT2D eigenvalue weighted by atomic mass is 10.2. The van der Waals surface area contributed by atoms with Gasteiger partial charge in [0.15, 0.2) is 6.20 Å². The Balaban J connectivity index is 2.56. The lowest BCUT2D eigenvalue weighted by Crippen LogP contribution is -2.26. The van der Waals surface area contributed by atoms with E-state index in [9.17, 15) is 5.21 Å². The van der Waals surface area contributed by atoms with Crippen molar-refractivity contribution < 1.29 is 9.47 Å². The Labute approximate surface area is 87.8 Å². The van der Waals surface area contributed by atoms with E-state index < -0.39 is 0 Å². The maximum Gasteiger partial charge on any atom is 0.227 e. The molecule has 0 bridgehead atoms. The molecule has 3 heteroatoms. The van der Waals surface area contributed by atoms with Gasteiger partial charge in [-0.05, 0) is 6.07 Å². The number of para-hydroxylation sites is 1. The maximum atomic E-state index is 11.4. The van der Waals surface area contributed by atoms with Gasteiger partial charge in [0.2, 0.25) is 5.52 Å². The molecule has 0 fully saturated rings. The van der Waals surface area contributed by atoms with Crippen LogP contribution in [0.25, 0.3) is 10.9 Å². The summed E-state index contributed by atoms with van der Waals surface area (Å²) in [4.78, 5) is 0. The van der Waals surface area contributed by atoms with E-state index in [0.717, 1.165) is 10.1 Å². The first-order chi connectivity index (χ1) is 7.33. The van der Waals surface area contributed by atoms with E-state index in [2.05, 4.69) is 6.58 Å². The smallest absolute Gasteiger partial charge is 0.227 e. The van der Waals surface area contributed by atoms with Crippen LogP contribution < -0.4 is 9.47 Å². The van der Waals surface area contributed by atoms with Crippen molar-refractivity contribution in [1.29, 1.82) is 0 Å². The van der Waals surface area contributed by atoms with Crippen LogP contribution in [0.4, 0.5) is 0 Å². The van der Waals surface area contributed by atoms with Gasteiger partial charge in [-0.25, -0.2) is 0 Å². The van der Waals surface area contributed by atoms with Gasteiger partial charge in [0.1, 0.15) is 12.4 Å². The number of ether oxygens (including phenoxy) is 1. The zero-order valence-electron chi connectivity index (χ0n) is 8.22. The Morgan fingerprint density at radius 3 is 2.93 bits per heavy atom. The topological polar surface area (TPSA) is 36.2 Å². The van der Waals surface area contributed by atoms with E-state index in [0.29, 0.717) is 17.9 Å². The fraction of sp³-hybridized carbons (Fsp3) is 0.0833. The molecule has 0 atom stereocenters. The van der Waals surface area contributed by atoms with E-state index in [4.69, 9.17) is 4.74 Å². The zero-order chi connectivity index (χ0) is 10.7. The lowest BCUT2D eigenvalue weighted by molar-refractivity contribution is -0.577. The van der Waals surface area contributed by atoms with Crippen LogP contribution in [0, 0.1) is 5.21 Å². The lowest BCUT2D eigenvalue weighted by Gasteiger charge is -2.07. The number of rotatable bonds is 3. The van der Waals surface area contributed by atoms with Crippen LogP contribution in [-0.2, 0) is 0 Å². The molecular formula is C12H11NO2. The Kier molecular flexibility index (Phi) is 2.54. The van der Waals surface area contributed by atoms with Gasteiger partial charge in [-0.15, -0.1) is 0 Å². The second kappa shape index (κ2) is 4.00. The quantitative estimate of drug-likeness (QED) is 0.433. The molecule has 0 unspecified atom stereocenters. The van der Waals surface area contributed by atoms with Gasteiger partial charge < -0.3 is 9.94 Å². The van der Waals surface area contributed by atoms with Gasteiger partial charge in [-0.2, -0.15) is 4.73 Å². The number of pyridine rings is 1. The molecule has 0 radical (unpaired) electrons. The highest BCUT2D eigenvalue weighted by molar-refractivity contribution is 5.82. The molecular weight excluding hydrogens is 190 g/mol. The number of nitrogens with zero attached hydrogens (tertiary/aromatic N) is 1. The zero-order valence-corrected chi connectivity index (χ0v) is 8.22. The molecule has 2 aromatic rings. The number of benzene rings is 1. The average Bonchev–Trinajstić information content (AvgIpc) is 2.29. The molecule has 0 spiro atoms. The highest BCUT2D eigenvalue weighted by Gasteiger charge is 2.07. The minimum absolute atomic E-state index is 0.437. The Morgan fingerprint density at radius 1 is 1.33 bits per heavy atom. The third-order valence-corrected chi connectivity index (χ3v) is 2.12. The van der Waals surface area contributed by atoms with Gasteiger partial charge in [0.25, 0.3) is 0 Å². The normalized spacial score (nSPS) is 10.1. The molecule has 2 rings (SSSR count). The SMILES string of the molecule is C=CCOc1cc[n+]([O-])c2ccccc12. The molecule has 1 aromatic carbocycles. The summed E-state index contributed by atoms with van der Waals surface area (Å²) in [6.45, 7) is 4.02. The van der Waals surface area contributed by atoms with Crippen molar-refractivity contribution in [3.05, 3.63) is 54.4 Å².